The maximum Gasteiger partial charge on any atom is 0.0827 e. The van der Waals surface area contributed by atoms with Gasteiger partial charge in [-0.15, -0.1) is 0 Å². The average Bonchev–Trinajstić information content (AvgIpc) is 1.35. The lowest BCUT2D eigenvalue weighted by Gasteiger charge is -1.93. The van der Waals surface area contributed by atoms with Crippen molar-refractivity contribution in [3.63, 3.8) is 0 Å². The Labute approximate surface area is 39.0 Å². The maximum atomic E-state index is 9.72. The van der Waals surface area contributed by atoms with Gasteiger partial charge < -0.3 is 0 Å². The van der Waals surface area contributed by atoms with E-state index in [9.17, 15) is 5.11 Å². The van der Waals surface area contributed by atoms with Gasteiger partial charge in [-0.05, 0) is 12.3 Å². The zero-order valence-corrected chi connectivity index (χ0v) is 4.32. The molecule has 36 valence electrons. The Balaban J connectivity index is 2.63. The highest BCUT2D eigenvalue weighted by molar-refractivity contribution is 4.74. The van der Waals surface area contributed by atoms with E-state index in [1.807, 2.05) is 13.8 Å². The molecular weight excluding hydrogens is 76.1 g/mol. The van der Waals surface area contributed by atoms with E-state index in [0.717, 1.165) is 6.42 Å². The van der Waals surface area contributed by atoms with E-state index in [1.54, 1.807) is 0 Å². The SMILES string of the molecule is C[C](C)CC[O]. The Morgan fingerprint density at radius 2 is 2.00 bits per heavy atom. The second-order valence-corrected chi connectivity index (χ2v) is 1.66. The van der Waals surface area contributed by atoms with Crippen molar-refractivity contribution in [2.24, 2.45) is 0 Å². The van der Waals surface area contributed by atoms with Gasteiger partial charge in [0.25, 0.3) is 0 Å². The molecular formula is C5H10O. The van der Waals surface area contributed by atoms with Crippen LogP contribution in [0.2, 0.25) is 0 Å². The molecule has 0 atom stereocenters. The van der Waals surface area contributed by atoms with Crippen molar-refractivity contribution in [2.75, 3.05) is 6.61 Å². The summed E-state index contributed by atoms with van der Waals surface area (Å²) in [4.78, 5) is 0. The Hall–Kier alpha value is -0.0400. The van der Waals surface area contributed by atoms with Gasteiger partial charge in [-0.2, -0.15) is 0 Å². The van der Waals surface area contributed by atoms with E-state index < -0.39 is 0 Å². The van der Waals surface area contributed by atoms with Gasteiger partial charge >= 0.3 is 0 Å². The molecule has 1 heteroatoms. The smallest absolute Gasteiger partial charge is 0.0827 e. The lowest BCUT2D eigenvalue weighted by Crippen LogP contribution is -1.85. The molecule has 0 aliphatic carbocycles. The molecule has 0 saturated heterocycles. The molecule has 0 N–H and O–H groups in total. The zero-order valence-electron chi connectivity index (χ0n) is 4.32. The molecule has 0 aromatic carbocycles. The number of hydrogen-bond donors (Lipinski definition) is 0. The van der Waals surface area contributed by atoms with Gasteiger partial charge in [-0.1, -0.05) is 13.8 Å². The minimum absolute atomic E-state index is 0.0440. The van der Waals surface area contributed by atoms with Gasteiger partial charge in [0.15, 0.2) is 0 Å². The monoisotopic (exact) mass is 86.1 g/mol. The zero-order chi connectivity index (χ0) is 4.99. The summed E-state index contributed by atoms with van der Waals surface area (Å²) in [6.07, 6.45) is 0.736. The van der Waals surface area contributed by atoms with Crippen LogP contribution in [0.4, 0.5) is 0 Å². The topological polar surface area (TPSA) is 19.9 Å². The van der Waals surface area contributed by atoms with Crippen LogP contribution in [0.3, 0.4) is 0 Å². The van der Waals surface area contributed by atoms with E-state index in [4.69, 9.17) is 0 Å². The van der Waals surface area contributed by atoms with Gasteiger partial charge in [0.1, 0.15) is 0 Å². The van der Waals surface area contributed by atoms with E-state index in [-0.39, 0.29) is 6.61 Å². The minimum atomic E-state index is 0.0440. The predicted molar refractivity (Wildman–Crippen MR) is 24.8 cm³/mol. The van der Waals surface area contributed by atoms with Crippen molar-refractivity contribution >= 4 is 0 Å². The fourth-order valence-electron chi connectivity index (χ4n) is 0.204. The molecule has 0 saturated carbocycles. The normalized spacial score (nSPS) is 10.0. The molecule has 0 bridgehead atoms. The summed E-state index contributed by atoms with van der Waals surface area (Å²) in [5.41, 5.74) is 0. The molecule has 0 aliphatic rings. The first-order valence-corrected chi connectivity index (χ1v) is 2.14. The van der Waals surface area contributed by atoms with E-state index >= 15 is 0 Å². The third kappa shape index (κ3) is 3.96. The molecule has 1 nitrogen and oxygen atoms in total. The molecule has 0 aromatic heterocycles. The first-order chi connectivity index (χ1) is 2.77. The fraction of sp³-hybridized carbons (Fsp3) is 0.800. The van der Waals surface area contributed by atoms with Gasteiger partial charge in [0, 0.05) is 0 Å². The average molecular weight is 86.1 g/mol. The highest BCUT2D eigenvalue weighted by Crippen LogP contribution is 1.98. The Bertz CT molecular complexity index is 25.1. The summed E-state index contributed by atoms with van der Waals surface area (Å²) in [7, 11) is 0. The summed E-state index contributed by atoms with van der Waals surface area (Å²) in [5.74, 6) is 1.23. The molecule has 0 unspecified atom stereocenters. The lowest BCUT2D eigenvalue weighted by molar-refractivity contribution is 0.192. The molecule has 0 heterocycles. The van der Waals surface area contributed by atoms with Crippen molar-refractivity contribution in [1.82, 2.24) is 0 Å². The molecule has 0 rings (SSSR count). The van der Waals surface area contributed by atoms with Crippen molar-refractivity contribution in [1.29, 1.82) is 0 Å². The molecule has 0 aliphatic heterocycles. The lowest BCUT2D eigenvalue weighted by atomic mass is 10.2. The Morgan fingerprint density at radius 3 is 2.00 bits per heavy atom. The molecule has 6 heavy (non-hydrogen) atoms. The van der Waals surface area contributed by atoms with Crippen LogP contribution in [0.1, 0.15) is 20.3 Å². The second-order valence-electron chi connectivity index (χ2n) is 1.66. The van der Waals surface area contributed by atoms with Gasteiger partial charge in [-0.25, -0.2) is 5.11 Å². The molecule has 0 amide bonds. The number of rotatable bonds is 2. The van der Waals surface area contributed by atoms with Crippen LogP contribution in [0.5, 0.6) is 0 Å². The standard InChI is InChI=1S/C5H10O/c1-5(2)3-4-6/h3-4H2,1-2H3. The first kappa shape index (κ1) is 5.96. The summed E-state index contributed by atoms with van der Waals surface area (Å²) in [5, 5.41) is 9.72. The third-order valence-corrected chi connectivity index (χ3v) is 0.602. The first-order valence-electron chi connectivity index (χ1n) is 2.14. The van der Waals surface area contributed by atoms with Crippen LogP contribution in [-0.4, -0.2) is 6.61 Å². The summed E-state index contributed by atoms with van der Waals surface area (Å²) >= 11 is 0. The van der Waals surface area contributed by atoms with Crippen LogP contribution in [-0.2, 0) is 5.11 Å². The predicted octanol–water partition coefficient (Wildman–Crippen LogP) is 1.42. The van der Waals surface area contributed by atoms with Crippen LogP contribution in [0.25, 0.3) is 0 Å². The van der Waals surface area contributed by atoms with Gasteiger partial charge in [0.05, 0.1) is 6.61 Å². The van der Waals surface area contributed by atoms with E-state index in [1.165, 1.54) is 5.92 Å². The number of hydrogen-bond acceptors (Lipinski definition) is 0. The van der Waals surface area contributed by atoms with Crippen molar-refractivity contribution in [3.05, 3.63) is 5.92 Å². The Morgan fingerprint density at radius 1 is 1.50 bits per heavy atom. The van der Waals surface area contributed by atoms with Crippen molar-refractivity contribution in [2.45, 2.75) is 20.3 Å². The van der Waals surface area contributed by atoms with Crippen molar-refractivity contribution in [3.8, 4) is 0 Å². The maximum absolute atomic E-state index is 9.72. The molecule has 0 fully saturated rings. The van der Waals surface area contributed by atoms with Crippen LogP contribution in [0, 0.1) is 5.92 Å². The van der Waals surface area contributed by atoms with E-state index in [0.29, 0.717) is 0 Å². The quantitative estimate of drug-likeness (QED) is 0.484. The molecule has 0 spiro atoms. The molecule has 2 radical (unpaired) electrons. The molecule has 0 aromatic rings. The summed E-state index contributed by atoms with van der Waals surface area (Å²) in [6.45, 7) is 3.98. The fourth-order valence-corrected chi connectivity index (χ4v) is 0.204. The van der Waals surface area contributed by atoms with Crippen LogP contribution >= 0.6 is 0 Å². The van der Waals surface area contributed by atoms with Crippen LogP contribution < -0.4 is 0 Å². The van der Waals surface area contributed by atoms with Crippen LogP contribution in [0.15, 0.2) is 0 Å². The largest absolute Gasteiger partial charge is 0.237 e. The van der Waals surface area contributed by atoms with E-state index in [2.05, 4.69) is 0 Å². The highest BCUT2D eigenvalue weighted by Gasteiger charge is 1.88. The van der Waals surface area contributed by atoms with Gasteiger partial charge in [0.2, 0.25) is 0 Å². The van der Waals surface area contributed by atoms with Gasteiger partial charge in [-0.3, -0.25) is 0 Å². The van der Waals surface area contributed by atoms with Crippen molar-refractivity contribution < 1.29 is 5.11 Å². The summed E-state index contributed by atoms with van der Waals surface area (Å²) < 4.78 is 0. The highest BCUT2D eigenvalue weighted by atomic mass is 16.2. The second kappa shape index (κ2) is 3.16. The summed E-state index contributed by atoms with van der Waals surface area (Å²) in [6, 6.07) is 0. The minimum Gasteiger partial charge on any atom is -0.237 e. The third-order valence-electron chi connectivity index (χ3n) is 0.602. The Kier molecular flexibility index (Phi) is 3.14.